The summed E-state index contributed by atoms with van der Waals surface area (Å²) in [5, 5.41) is 0. The lowest BCUT2D eigenvalue weighted by atomic mass is 10.2. The quantitative estimate of drug-likeness (QED) is 0.512. The van der Waals surface area contributed by atoms with Gasteiger partial charge in [0, 0.05) is 11.8 Å². The maximum Gasteiger partial charge on any atom is 0.282 e. The Kier molecular flexibility index (Phi) is 5.37. The lowest BCUT2D eigenvalue weighted by molar-refractivity contribution is 0.0940. The number of ether oxygens (including phenoxy) is 1. The molecule has 0 bridgehead atoms. The molecule has 1 amide bonds. The summed E-state index contributed by atoms with van der Waals surface area (Å²) in [5.74, 6) is -0.374. The van der Waals surface area contributed by atoms with Gasteiger partial charge in [-0.3, -0.25) is 15.0 Å². The van der Waals surface area contributed by atoms with Crippen LogP contribution in [0.15, 0.2) is 41.4 Å². The first kappa shape index (κ1) is 17.7. The van der Waals surface area contributed by atoms with E-state index >= 15 is 0 Å². The van der Waals surface area contributed by atoms with Gasteiger partial charge in [-0.2, -0.15) is 0 Å². The largest absolute Gasteiger partial charge is 0.494 e. The molecule has 2 rings (SSSR count). The van der Waals surface area contributed by atoms with E-state index in [2.05, 4.69) is 10.4 Å². The van der Waals surface area contributed by atoms with E-state index in [1.807, 2.05) is 11.8 Å². The van der Waals surface area contributed by atoms with Crippen molar-refractivity contribution < 1.29 is 22.7 Å². The van der Waals surface area contributed by atoms with Gasteiger partial charge in [0.05, 0.1) is 11.5 Å². The van der Waals surface area contributed by atoms with Crippen LogP contribution in [-0.2, 0) is 10.0 Å². The molecule has 8 nitrogen and oxygen atoms in total. The van der Waals surface area contributed by atoms with Crippen molar-refractivity contribution in [2.24, 2.45) is 0 Å². The highest BCUT2D eigenvalue weighted by molar-refractivity contribution is 7.89. The van der Waals surface area contributed by atoms with E-state index in [-0.39, 0.29) is 16.4 Å². The molecule has 0 aliphatic rings. The molecule has 1 aromatic carbocycles. The molecule has 0 saturated heterocycles. The van der Waals surface area contributed by atoms with Crippen molar-refractivity contribution in [3.8, 4) is 5.75 Å². The molecule has 1 heterocycles. The number of aromatic amines is 1. The average Bonchev–Trinajstić information content (AvgIpc) is 3.04. The molecule has 128 valence electrons. The number of benzene rings is 1. The summed E-state index contributed by atoms with van der Waals surface area (Å²) in [7, 11) is -3.92. The van der Waals surface area contributed by atoms with Crippen LogP contribution in [0.4, 0.5) is 0 Å². The van der Waals surface area contributed by atoms with Crippen LogP contribution in [0.1, 0.15) is 34.7 Å². The molecule has 2 aromatic rings. The third-order valence-electron chi connectivity index (χ3n) is 3.08. The van der Waals surface area contributed by atoms with E-state index in [1.165, 1.54) is 43.5 Å². The van der Waals surface area contributed by atoms with Crippen LogP contribution in [0, 0.1) is 0 Å². The number of rotatable bonds is 7. The summed E-state index contributed by atoms with van der Waals surface area (Å²) in [6.45, 7) is 3.65. The van der Waals surface area contributed by atoms with Gasteiger partial charge in [0.2, 0.25) is 0 Å². The minimum Gasteiger partial charge on any atom is -0.494 e. The van der Waals surface area contributed by atoms with Gasteiger partial charge < -0.3 is 9.72 Å². The monoisotopic (exact) mass is 351 g/mol. The molecule has 0 aliphatic heterocycles. The van der Waals surface area contributed by atoms with Crippen molar-refractivity contribution in [2.45, 2.75) is 18.7 Å². The Morgan fingerprint density at radius 1 is 1.21 bits per heavy atom. The summed E-state index contributed by atoms with van der Waals surface area (Å²) in [4.78, 5) is 27.6. The molecule has 24 heavy (non-hydrogen) atoms. The van der Waals surface area contributed by atoms with E-state index in [0.717, 1.165) is 0 Å². The Balaban J connectivity index is 2.03. The van der Waals surface area contributed by atoms with E-state index in [4.69, 9.17) is 4.74 Å². The smallest absolute Gasteiger partial charge is 0.282 e. The predicted octanol–water partition coefficient (Wildman–Crippen LogP) is 1.24. The second-order valence-electron chi connectivity index (χ2n) is 4.82. The molecule has 0 aliphatic carbocycles. The molecule has 0 saturated carbocycles. The molecular weight excluding hydrogens is 334 g/mol. The van der Waals surface area contributed by atoms with Crippen LogP contribution in [0.3, 0.4) is 0 Å². The number of hydrazine groups is 1. The van der Waals surface area contributed by atoms with E-state index < -0.39 is 15.9 Å². The van der Waals surface area contributed by atoms with E-state index in [0.29, 0.717) is 17.9 Å². The number of Topliss-reactive ketones (excluding diaryl/α,β-unsaturated/α-hetero) is 1. The topological polar surface area (TPSA) is 117 Å². The molecule has 0 fully saturated rings. The van der Waals surface area contributed by atoms with E-state index in [1.54, 1.807) is 0 Å². The van der Waals surface area contributed by atoms with Crippen molar-refractivity contribution in [1.29, 1.82) is 0 Å². The Bertz CT molecular complexity index is 840. The van der Waals surface area contributed by atoms with Crippen LogP contribution in [0.25, 0.3) is 0 Å². The summed E-state index contributed by atoms with van der Waals surface area (Å²) in [6, 6.07) is 7.10. The summed E-state index contributed by atoms with van der Waals surface area (Å²) in [5.41, 5.74) is 2.47. The Morgan fingerprint density at radius 2 is 1.88 bits per heavy atom. The predicted molar refractivity (Wildman–Crippen MR) is 86.2 cm³/mol. The highest BCUT2D eigenvalue weighted by Crippen LogP contribution is 2.15. The minimum atomic E-state index is -3.92. The van der Waals surface area contributed by atoms with Gasteiger partial charge in [-0.05, 0) is 44.2 Å². The summed E-state index contributed by atoms with van der Waals surface area (Å²) < 4.78 is 29.5. The SMILES string of the molecule is CCOc1ccc(S(=O)(=O)NNC(=O)c2cc(C(C)=O)c[nH]2)cc1. The normalized spacial score (nSPS) is 11.1. The fourth-order valence-electron chi connectivity index (χ4n) is 1.85. The highest BCUT2D eigenvalue weighted by atomic mass is 32.2. The Hall–Kier alpha value is -2.65. The van der Waals surface area contributed by atoms with Crippen LogP contribution in [0.5, 0.6) is 5.75 Å². The summed E-state index contributed by atoms with van der Waals surface area (Å²) >= 11 is 0. The molecule has 0 atom stereocenters. The zero-order valence-electron chi connectivity index (χ0n) is 13.1. The van der Waals surface area contributed by atoms with Crippen LogP contribution >= 0.6 is 0 Å². The maximum atomic E-state index is 12.1. The third kappa shape index (κ3) is 4.21. The fourth-order valence-corrected chi connectivity index (χ4v) is 2.69. The highest BCUT2D eigenvalue weighted by Gasteiger charge is 2.17. The maximum absolute atomic E-state index is 12.1. The minimum absolute atomic E-state index is 0.0258. The molecular formula is C15H17N3O5S. The molecule has 0 spiro atoms. The van der Waals surface area contributed by atoms with Gasteiger partial charge in [0.1, 0.15) is 11.4 Å². The van der Waals surface area contributed by atoms with Crippen LogP contribution in [0.2, 0.25) is 0 Å². The number of nitrogens with one attached hydrogen (secondary N) is 3. The lowest BCUT2D eigenvalue weighted by Crippen LogP contribution is -2.41. The second kappa shape index (κ2) is 7.28. The fraction of sp³-hybridized carbons (Fsp3) is 0.200. The number of aromatic nitrogens is 1. The standard InChI is InChI=1S/C15H17N3O5S/c1-3-23-12-4-6-13(7-5-12)24(21,22)18-17-15(20)14-8-11(9-16-14)10(2)19/h4-9,16,18H,3H2,1-2H3,(H,17,20). The first-order chi connectivity index (χ1) is 11.3. The number of carbonyl (C=O) groups excluding carboxylic acids is 2. The van der Waals surface area contributed by atoms with Crippen molar-refractivity contribution in [2.75, 3.05) is 6.61 Å². The number of hydrogen-bond donors (Lipinski definition) is 3. The average molecular weight is 351 g/mol. The van der Waals surface area contributed by atoms with Crippen molar-refractivity contribution in [3.05, 3.63) is 47.8 Å². The number of amides is 1. The van der Waals surface area contributed by atoms with Gasteiger partial charge in [-0.15, -0.1) is 4.83 Å². The van der Waals surface area contributed by atoms with Crippen molar-refractivity contribution in [1.82, 2.24) is 15.2 Å². The van der Waals surface area contributed by atoms with Gasteiger partial charge in [-0.25, -0.2) is 8.42 Å². The molecule has 1 aromatic heterocycles. The number of hydrogen-bond acceptors (Lipinski definition) is 5. The summed E-state index contributed by atoms with van der Waals surface area (Å²) in [6.07, 6.45) is 1.37. The van der Waals surface area contributed by atoms with Gasteiger partial charge >= 0.3 is 0 Å². The van der Waals surface area contributed by atoms with E-state index in [9.17, 15) is 18.0 Å². The zero-order valence-corrected chi connectivity index (χ0v) is 13.9. The Labute approximate surface area is 139 Å². The second-order valence-corrected chi connectivity index (χ2v) is 6.50. The molecule has 3 N–H and O–H groups in total. The first-order valence-electron chi connectivity index (χ1n) is 7.08. The van der Waals surface area contributed by atoms with Crippen molar-refractivity contribution in [3.63, 3.8) is 0 Å². The van der Waals surface area contributed by atoms with Crippen molar-refractivity contribution >= 4 is 21.7 Å². The first-order valence-corrected chi connectivity index (χ1v) is 8.56. The van der Waals surface area contributed by atoms with Crippen LogP contribution in [-0.4, -0.2) is 31.7 Å². The molecule has 0 unspecified atom stereocenters. The number of carbonyl (C=O) groups is 2. The number of H-pyrrole nitrogens is 1. The lowest BCUT2D eigenvalue weighted by Gasteiger charge is -2.08. The van der Waals surface area contributed by atoms with Crippen LogP contribution < -0.4 is 15.0 Å². The number of ketones is 1. The zero-order chi connectivity index (χ0) is 17.7. The molecule has 9 heteroatoms. The third-order valence-corrected chi connectivity index (χ3v) is 4.34. The Morgan fingerprint density at radius 3 is 2.42 bits per heavy atom. The molecule has 0 radical (unpaired) electrons. The number of sulfonamides is 1. The van der Waals surface area contributed by atoms with Gasteiger partial charge in [0.25, 0.3) is 15.9 Å². The van der Waals surface area contributed by atoms with Gasteiger partial charge in [0.15, 0.2) is 5.78 Å². The van der Waals surface area contributed by atoms with Gasteiger partial charge in [-0.1, -0.05) is 0 Å².